The van der Waals surface area contributed by atoms with Gasteiger partial charge in [-0.3, -0.25) is 4.79 Å². The van der Waals surface area contributed by atoms with Crippen molar-refractivity contribution in [2.45, 2.75) is 39.8 Å². The largest absolute Gasteiger partial charge is 0.349 e. The van der Waals surface area contributed by atoms with Crippen LogP contribution in [0.5, 0.6) is 0 Å². The molecule has 5 nitrogen and oxygen atoms in total. The summed E-state index contributed by atoms with van der Waals surface area (Å²) < 4.78 is 24.8. The van der Waals surface area contributed by atoms with Crippen LogP contribution in [0.3, 0.4) is 0 Å². The van der Waals surface area contributed by atoms with Crippen LogP contribution in [0.15, 0.2) is 6.07 Å². The number of aromatic nitrogens is 1. The number of nitrogens with zero attached hydrogens (tertiary/aromatic N) is 1. The van der Waals surface area contributed by atoms with Gasteiger partial charge in [0.1, 0.15) is 0 Å². The van der Waals surface area contributed by atoms with Crippen molar-refractivity contribution >= 4 is 15.7 Å². The maximum Gasteiger partial charge on any atom is 0.253 e. The van der Waals surface area contributed by atoms with Crippen LogP contribution in [-0.2, 0) is 16.4 Å². The van der Waals surface area contributed by atoms with E-state index in [4.69, 9.17) is 0 Å². The second kappa shape index (κ2) is 5.00. The molecular formula is C13H20N2O3S. The Bertz CT molecular complexity index is 602. The van der Waals surface area contributed by atoms with Crippen molar-refractivity contribution in [1.82, 2.24) is 9.88 Å². The highest BCUT2D eigenvalue weighted by molar-refractivity contribution is 7.91. The standard InChI is InChI=1S/C13H20N2O3S/c1-4-15-9(2)7-12(10(15)3)13(16)14-11-5-6-19(17,18)8-11/h7,11H,4-6,8H2,1-3H3,(H,14,16). The lowest BCUT2D eigenvalue weighted by atomic mass is 10.2. The monoisotopic (exact) mass is 284 g/mol. The lowest BCUT2D eigenvalue weighted by Crippen LogP contribution is -2.35. The number of hydrogen-bond acceptors (Lipinski definition) is 3. The fourth-order valence-corrected chi connectivity index (χ4v) is 4.36. The van der Waals surface area contributed by atoms with Crippen LogP contribution >= 0.6 is 0 Å². The van der Waals surface area contributed by atoms with Gasteiger partial charge in [-0.05, 0) is 33.3 Å². The fraction of sp³-hybridized carbons (Fsp3) is 0.615. The number of carbonyl (C=O) groups is 1. The summed E-state index contributed by atoms with van der Waals surface area (Å²) in [5, 5.41) is 2.82. The van der Waals surface area contributed by atoms with Gasteiger partial charge in [-0.1, -0.05) is 0 Å². The third-order valence-electron chi connectivity index (χ3n) is 3.70. The van der Waals surface area contributed by atoms with Gasteiger partial charge in [-0.2, -0.15) is 0 Å². The number of aryl methyl sites for hydroxylation is 1. The summed E-state index contributed by atoms with van der Waals surface area (Å²) in [5.74, 6) is 0.0619. The molecule has 0 spiro atoms. The van der Waals surface area contributed by atoms with Crippen molar-refractivity contribution < 1.29 is 13.2 Å². The molecule has 1 fully saturated rings. The molecule has 0 aliphatic carbocycles. The lowest BCUT2D eigenvalue weighted by molar-refractivity contribution is 0.0940. The highest BCUT2D eigenvalue weighted by atomic mass is 32.2. The van der Waals surface area contributed by atoms with E-state index >= 15 is 0 Å². The molecule has 1 aliphatic heterocycles. The predicted molar refractivity (Wildman–Crippen MR) is 74.1 cm³/mol. The summed E-state index contributed by atoms with van der Waals surface area (Å²) in [6.07, 6.45) is 0.514. The summed E-state index contributed by atoms with van der Waals surface area (Å²) in [7, 11) is -2.96. The van der Waals surface area contributed by atoms with Gasteiger partial charge >= 0.3 is 0 Å². The molecule has 2 rings (SSSR count). The van der Waals surface area contributed by atoms with Crippen LogP contribution in [-0.4, -0.2) is 36.4 Å². The molecule has 6 heteroatoms. The molecule has 1 aromatic heterocycles. The number of nitrogens with one attached hydrogen (secondary N) is 1. The van der Waals surface area contributed by atoms with Gasteiger partial charge in [0.25, 0.3) is 5.91 Å². The molecule has 1 amide bonds. The minimum absolute atomic E-state index is 0.0608. The summed E-state index contributed by atoms with van der Waals surface area (Å²) in [5.41, 5.74) is 2.62. The third kappa shape index (κ3) is 2.83. The van der Waals surface area contributed by atoms with Crippen LogP contribution in [0, 0.1) is 13.8 Å². The van der Waals surface area contributed by atoms with Crippen molar-refractivity contribution in [2.24, 2.45) is 0 Å². The average molecular weight is 284 g/mol. The molecule has 1 atom stereocenters. The van der Waals surface area contributed by atoms with E-state index in [9.17, 15) is 13.2 Å². The molecule has 1 aliphatic rings. The molecule has 1 aromatic rings. The lowest BCUT2D eigenvalue weighted by Gasteiger charge is -2.11. The van der Waals surface area contributed by atoms with Gasteiger partial charge in [0, 0.05) is 24.0 Å². The average Bonchev–Trinajstić information content (AvgIpc) is 2.79. The molecule has 106 valence electrons. The Morgan fingerprint density at radius 2 is 2.16 bits per heavy atom. The molecule has 0 saturated carbocycles. The van der Waals surface area contributed by atoms with Crippen molar-refractivity contribution in [3.63, 3.8) is 0 Å². The van der Waals surface area contributed by atoms with E-state index in [0.717, 1.165) is 17.9 Å². The number of sulfone groups is 1. The second-order valence-corrected chi connectivity index (χ2v) is 7.33. The molecule has 1 unspecified atom stereocenters. The zero-order chi connectivity index (χ0) is 14.2. The molecule has 1 N–H and O–H groups in total. The first kappa shape index (κ1) is 14.1. The fourth-order valence-electron chi connectivity index (χ4n) is 2.69. The molecule has 19 heavy (non-hydrogen) atoms. The summed E-state index contributed by atoms with van der Waals surface area (Å²) >= 11 is 0. The van der Waals surface area contributed by atoms with Crippen LogP contribution in [0.1, 0.15) is 35.1 Å². The second-order valence-electron chi connectivity index (χ2n) is 5.10. The Hall–Kier alpha value is -1.30. The van der Waals surface area contributed by atoms with Crippen molar-refractivity contribution in [1.29, 1.82) is 0 Å². The number of rotatable bonds is 3. The van der Waals surface area contributed by atoms with E-state index in [-0.39, 0.29) is 23.5 Å². The highest BCUT2D eigenvalue weighted by Gasteiger charge is 2.29. The number of hydrogen-bond donors (Lipinski definition) is 1. The predicted octanol–water partition coefficient (Wildman–Crippen LogP) is 1.04. The Labute approximate surface area is 113 Å². The summed E-state index contributed by atoms with van der Waals surface area (Å²) in [6, 6.07) is 1.61. The maximum atomic E-state index is 12.2. The smallest absolute Gasteiger partial charge is 0.253 e. The van der Waals surface area contributed by atoms with Crippen LogP contribution < -0.4 is 5.32 Å². The van der Waals surface area contributed by atoms with Crippen molar-refractivity contribution in [3.8, 4) is 0 Å². The van der Waals surface area contributed by atoms with Gasteiger partial charge in [-0.15, -0.1) is 0 Å². The number of amides is 1. The van der Waals surface area contributed by atoms with E-state index in [0.29, 0.717) is 12.0 Å². The van der Waals surface area contributed by atoms with Gasteiger partial charge < -0.3 is 9.88 Å². The summed E-state index contributed by atoms with van der Waals surface area (Å²) in [6.45, 7) is 6.73. The minimum atomic E-state index is -2.96. The van der Waals surface area contributed by atoms with Crippen LogP contribution in [0.2, 0.25) is 0 Å². The Kier molecular flexibility index (Phi) is 3.71. The molecule has 0 aromatic carbocycles. The van der Waals surface area contributed by atoms with E-state index in [1.807, 2.05) is 26.8 Å². The Morgan fingerprint density at radius 3 is 2.63 bits per heavy atom. The van der Waals surface area contributed by atoms with Gasteiger partial charge in [0.15, 0.2) is 9.84 Å². The Balaban J connectivity index is 2.13. The molecular weight excluding hydrogens is 264 g/mol. The third-order valence-corrected chi connectivity index (χ3v) is 5.47. The van der Waals surface area contributed by atoms with Gasteiger partial charge in [0.05, 0.1) is 17.1 Å². The first-order valence-corrected chi connectivity index (χ1v) is 8.34. The molecule has 0 bridgehead atoms. The quantitative estimate of drug-likeness (QED) is 0.902. The van der Waals surface area contributed by atoms with E-state index < -0.39 is 9.84 Å². The minimum Gasteiger partial charge on any atom is -0.349 e. The summed E-state index contributed by atoms with van der Waals surface area (Å²) in [4.78, 5) is 12.2. The molecule has 1 saturated heterocycles. The zero-order valence-electron chi connectivity index (χ0n) is 11.6. The van der Waals surface area contributed by atoms with E-state index in [2.05, 4.69) is 9.88 Å². The van der Waals surface area contributed by atoms with Gasteiger partial charge in [-0.25, -0.2) is 8.42 Å². The van der Waals surface area contributed by atoms with Crippen molar-refractivity contribution in [2.75, 3.05) is 11.5 Å². The van der Waals surface area contributed by atoms with E-state index in [1.165, 1.54) is 0 Å². The normalized spacial score (nSPS) is 21.5. The Morgan fingerprint density at radius 1 is 1.47 bits per heavy atom. The SMILES string of the molecule is CCn1c(C)cc(C(=O)NC2CCS(=O)(=O)C2)c1C. The first-order valence-electron chi connectivity index (χ1n) is 6.52. The van der Waals surface area contributed by atoms with Crippen LogP contribution in [0.4, 0.5) is 0 Å². The molecule has 2 heterocycles. The van der Waals surface area contributed by atoms with E-state index in [1.54, 1.807) is 0 Å². The van der Waals surface area contributed by atoms with Crippen LogP contribution in [0.25, 0.3) is 0 Å². The van der Waals surface area contributed by atoms with Crippen molar-refractivity contribution in [3.05, 3.63) is 23.0 Å². The topological polar surface area (TPSA) is 68.2 Å². The zero-order valence-corrected chi connectivity index (χ0v) is 12.4. The molecule has 0 radical (unpaired) electrons. The highest BCUT2D eigenvalue weighted by Crippen LogP contribution is 2.17. The number of carbonyl (C=O) groups excluding carboxylic acids is 1. The van der Waals surface area contributed by atoms with Gasteiger partial charge in [0.2, 0.25) is 0 Å². The maximum absolute atomic E-state index is 12.2. The first-order chi connectivity index (χ1) is 8.84.